The number of carbonyl (C=O) groups is 1. The summed E-state index contributed by atoms with van der Waals surface area (Å²) in [5.74, 6) is 1.24. The van der Waals surface area contributed by atoms with E-state index in [1.165, 1.54) is 5.56 Å². The van der Waals surface area contributed by atoms with Crippen molar-refractivity contribution in [1.82, 2.24) is 0 Å². The van der Waals surface area contributed by atoms with Crippen LogP contribution in [0.15, 0.2) is 36.4 Å². The summed E-state index contributed by atoms with van der Waals surface area (Å²) in [6.45, 7) is 5.20. The highest BCUT2D eigenvalue weighted by Gasteiger charge is 2.26. The number of carbonyl (C=O) groups excluding carboxylic acids is 1. The molecule has 0 radical (unpaired) electrons. The zero-order chi connectivity index (χ0) is 16.4. The van der Waals surface area contributed by atoms with E-state index in [1.54, 1.807) is 25.3 Å². The van der Waals surface area contributed by atoms with E-state index in [9.17, 15) is 4.79 Å². The molecule has 0 unspecified atom stereocenters. The van der Waals surface area contributed by atoms with E-state index < -0.39 is 0 Å². The summed E-state index contributed by atoms with van der Waals surface area (Å²) < 4.78 is 10.9. The molecule has 0 saturated carbocycles. The van der Waals surface area contributed by atoms with E-state index in [0.717, 1.165) is 17.7 Å². The van der Waals surface area contributed by atoms with Crippen molar-refractivity contribution in [1.29, 1.82) is 0 Å². The predicted octanol–water partition coefficient (Wildman–Crippen LogP) is 3.61. The van der Waals surface area contributed by atoms with Crippen LogP contribution in [0.4, 0.5) is 5.69 Å². The second-order valence-corrected chi connectivity index (χ2v) is 5.64. The van der Waals surface area contributed by atoms with Crippen molar-refractivity contribution in [2.45, 2.75) is 20.3 Å². The summed E-state index contributed by atoms with van der Waals surface area (Å²) in [6, 6.07) is 11.6. The van der Waals surface area contributed by atoms with Crippen LogP contribution in [0.3, 0.4) is 0 Å². The van der Waals surface area contributed by atoms with Crippen LogP contribution in [-0.2, 0) is 6.42 Å². The minimum absolute atomic E-state index is 0.00189. The first-order valence-corrected chi connectivity index (χ1v) is 7.86. The molecule has 0 aromatic heterocycles. The standard InChI is InChI=1S/C19H21NO3/c1-4-23-18-12-15(7-8-17(18)22-3)19(21)20-10-9-14-6-5-13(2)11-16(14)20/h5-8,11-12H,4,9-10H2,1-3H3. The van der Waals surface area contributed by atoms with Crippen molar-refractivity contribution in [3.05, 3.63) is 53.1 Å². The molecule has 3 rings (SSSR count). The quantitative estimate of drug-likeness (QED) is 0.866. The van der Waals surface area contributed by atoms with Gasteiger partial charge < -0.3 is 14.4 Å². The van der Waals surface area contributed by atoms with Crippen molar-refractivity contribution in [2.24, 2.45) is 0 Å². The van der Waals surface area contributed by atoms with Crippen molar-refractivity contribution in [3.8, 4) is 11.5 Å². The minimum atomic E-state index is -0.00189. The van der Waals surface area contributed by atoms with E-state index in [4.69, 9.17) is 9.47 Å². The van der Waals surface area contributed by atoms with Gasteiger partial charge in [-0.2, -0.15) is 0 Å². The lowest BCUT2D eigenvalue weighted by atomic mass is 10.1. The first kappa shape index (κ1) is 15.4. The molecular formula is C19H21NO3. The topological polar surface area (TPSA) is 38.8 Å². The average molecular weight is 311 g/mol. The number of hydrogen-bond donors (Lipinski definition) is 0. The van der Waals surface area contributed by atoms with E-state index in [0.29, 0.717) is 30.2 Å². The zero-order valence-corrected chi connectivity index (χ0v) is 13.8. The lowest BCUT2D eigenvalue weighted by molar-refractivity contribution is 0.0989. The number of nitrogens with zero attached hydrogens (tertiary/aromatic N) is 1. The zero-order valence-electron chi connectivity index (χ0n) is 13.8. The van der Waals surface area contributed by atoms with E-state index in [1.807, 2.05) is 18.7 Å². The Morgan fingerprint density at radius 3 is 2.74 bits per heavy atom. The number of anilines is 1. The van der Waals surface area contributed by atoms with E-state index in [2.05, 4.69) is 18.2 Å². The molecule has 120 valence electrons. The maximum absolute atomic E-state index is 12.9. The van der Waals surface area contributed by atoms with Crippen LogP contribution in [0.2, 0.25) is 0 Å². The minimum Gasteiger partial charge on any atom is -0.493 e. The fourth-order valence-corrected chi connectivity index (χ4v) is 2.93. The van der Waals surface area contributed by atoms with Gasteiger partial charge in [0.2, 0.25) is 0 Å². The number of hydrogen-bond acceptors (Lipinski definition) is 3. The molecule has 2 aromatic carbocycles. The molecule has 0 atom stereocenters. The number of amides is 1. The van der Waals surface area contributed by atoms with Crippen LogP contribution in [0, 0.1) is 6.92 Å². The number of fused-ring (bicyclic) bond motifs is 1. The molecule has 4 nitrogen and oxygen atoms in total. The van der Waals surface area contributed by atoms with Crippen molar-refractivity contribution in [3.63, 3.8) is 0 Å². The number of aryl methyl sites for hydroxylation is 1. The Morgan fingerprint density at radius 2 is 2.00 bits per heavy atom. The fourth-order valence-electron chi connectivity index (χ4n) is 2.93. The largest absolute Gasteiger partial charge is 0.493 e. The molecular weight excluding hydrogens is 290 g/mol. The Hall–Kier alpha value is -2.49. The van der Waals surface area contributed by atoms with Crippen molar-refractivity contribution >= 4 is 11.6 Å². The third-order valence-corrected chi connectivity index (χ3v) is 4.09. The molecule has 23 heavy (non-hydrogen) atoms. The Bertz CT molecular complexity index is 739. The maximum atomic E-state index is 12.9. The molecule has 0 saturated heterocycles. The van der Waals surface area contributed by atoms with Gasteiger partial charge >= 0.3 is 0 Å². The van der Waals surface area contributed by atoms with Gasteiger partial charge in [0.15, 0.2) is 11.5 Å². The highest BCUT2D eigenvalue weighted by atomic mass is 16.5. The van der Waals surface area contributed by atoms with Crippen LogP contribution in [0.25, 0.3) is 0 Å². The molecule has 0 fully saturated rings. The summed E-state index contributed by atoms with van der Waals surface area (Å²) in [6.07, 6.45) is 0.899. The predicted molar refractivity (Wildman–Crippen MR) is 90.7 cm³/mol. The van der Waals surface area contributed by atoms with E-state index in [-0.39, 0.29) is 5.91 Å². The van der Waals surface area contributed by atoms with Gasteiger partial charge in [-0.3, -0.25) is 4.79 Å². The smallest absolute Gasteiger partial charge is 0.258 e. The Labute approximate surface area is 136 Å². The molecule has 0 aliphatic carbocycles. The Kier molecular flexibility index (Phi) is 4.24. The maximum Gasteiger partial charge on any atom is 0.258 e. The summed E-state index contributed by atoms with van der Waals surface area (Å²) in [4.78, 5) is 14.8. The van der Waals surface area contributed by atoms with Crippen LogP contribution in [-0.4, -0.2) is 26.2 Å². The van der Waals surface area contributed by atoms with Gasteiger partial charge in [0.25, 0.3) is 5.91 Å². The van der Waals surface area contributed by atoms with Gasteiger partial charge in [0.1, 0.15) is 0 Å². The monoisotopic (exact) mass is 311 g/mol. The molecule has 1 aliphatic rings. The third kappa shape index (κ3) is 2.89. The van der Waals surface area contributed by atoms with Crippen LogP contribution in [0.1, 0.15) is 28.4 Å². The van der Waals surface area contributed by atoms with Gasteiger partial charge in [-0.1, -0.05) is 12.1 Å². The molecule has 1 aliphatic heterocycles. The molecule has 0 spiro atoms. The van der Waals surface area contributed by atoms with Crippen LogP contribution in [0.5, 0.6) is 11.5 Å². The van der Waals surface area contributed by atoms with Gasteiger partial charge in [0, 0.05) is 17.8 Å². The summed E-state index contributed by atoms with van der Waals surface area (Å²) in [5.41, 5.74) is 4.02. The fraction of sp³-hybridized carbons (Fsp3) is 0.316. The van der Waals surface area contributed by atoms with Crippen LogP contribution >= 0.6 is 0 Å². The second kappa shape index (κ2) is 6.32. The summed E-state index contributed by atoms with van der Waals surface area (Å²) in [7, 11) is 1.60. The molecule has 4 heteroatoms. The van der Waals surface area contributed by atoms with Crippen molar-refractivity contribution < 1.29 is 14.3 Å². The molecule has 0 N–H and O–H groups in total. The van der Waals surface area contributed by atoms with Gasteiger partial charge in [-0.25, -0.2) is 0 Å². The Morgan fingerprint density at radius 1 is 1.17 bits per heavy atom. The second-order valence-electron chi connectivity index (χ2n) is 5.64. The normalized spacial score (nSPS) is 12.9. The SMILES string of the molecule is CCOc1cc(C(=O)N2CCc3ccc(C)cc32)ccc1OC. The molecule has 2 aromatic rings. The van der Waals surface area contributed by atoms with Gasteiger partial charge in [-0.15, -0.1) is 0 Å². The van der Waals surface area contributed by atoms with Gasteiger partial charge in [0.05, 0.1) is 13.7 Å². The third-order valence-electron chi connectivity index (χ3n) is 4.09. The number of methoxy groups -OCH3 is 1. The first-order chi connectivity index (χ1) is 11.1. The lowest BCUT2D eigenvalue weighted by Gasteiger charge is -2.19. The Balaban J connectivity index is 1.93. The number of rotatable bonds is 4. The molecule has 1 amide bonds. The average Bonchev–Trinajstić information content (AvgIpc) is 2.97. The number of ether oxygens (including phenoxy) is 2. The highest BCUT2D eigenvalue weighted by Crippen LogP contribution is 2.33. The summed E-state index contributed by atoms with van der Waals surface area (Å²) in [5, 5.41) is 0. The lowest BCUT2D eigenvalue weighted by Crippen LogP contribution is -2.28. The highest BCUT2D eigenvalue weighted by molar-refractivity contribution is 6.07. The van der Waals surface area contributed by atoms with Crippen LogP contribution < -0.4 is 14.4 Å². The van der Waals surface area contributed by atoms with E-state index >= 15 is 0 Å². The first-order valence-electron chi connectivity index (χ1n) is 7.86. The molecule has 1 heterocycles. The molecule has 0 bridgehead atoms. The van der Waals surface area contributed by atoms with Crippen molar-refractivity contribution in [2.75, 3.05) is 25.2 Å². The van der Waals surface area contributed by atoms with Gasteiger partial charge in [-0.05, 0) is 55.7 Å². The number of benzene rings is 2. The summed E-state index contributed by atoms with van der Waals surface area (Å²) >= 11 is 0.